The lowest BCUT2D eigenvalue weighted by molar-refractivity contribution is -0.137. The zero-order chi connectivity index (χ0) is 19.0. The normalized spacial score (nSPS) is 17.7. The second-order valence-electron chi connectivity index (χ2n) is 6.30. The second kappa shape index (κ2) is 6.80. The average molecular weight is 393 g/mol. The fourth-order valence-electron chi connectivity index (χ4n) is 3.02. The highest BCUT2D eigenvalue weighted by Crippen LogP contribution is 2.32. The molecule has 0 aliphatic carbocycles. The third kappa shape index (κ3) is 3.73. The summed E-state index contributed by atoms with van der Waals surface area (Å²) in [6, 6.07) is 8.62. The smallest absolute Gasteiger partial charge is 0.339 e. The van der Waals surface area contributed by atoms with Gasteiger partial charge in [0.15, 0.2) is 0 Å². The Morgan fingerprint density at radius 1 is 1.22 bits per heavy atom. The number of rotatable bonds is 4. The number of aromatic nitrogens is 2. The first-order valence-electron chi connectivity index (χ1n) is 8.21. The molecule has 3 aromatic rings. The van der Waals surface area contributed by atoms with Crippen molar-refractivity contribution >= 4 is 17.2 Å². The van der Waals surface area contributed by atoms with Gasteiger partial charge in [0.2, 0.25) is 17.6 Å². The molecule has 27 heavy (non-hydrogen) atoms. The fourth-order valence-corrected chi connectivity index (χ4v) is 3.67. The van der Waals surface area contributed by atoms with Crippen LogP contribution < -0.4 is 0 Å². The van der Waals surface area contributed by atoms with Gasteiger partial charge in [0.25, 0.3) is 0 Å². The molecule has 0 saturated carbocycles. The van der Waals surface area contributed by atoms with Crippen LogP contribution in [0.2, 0.25) is 0 Å². The molecule has 0 N–H and O–H groups in total. The van der Waals surface area contributed by atoms with Gasteiger partial charge >= 0.3 is 6.18 Å². The number of likely N-dealkylation sites (tertiary alicyclic amines) is 1. The summed E-state index contributed by atoms with van der Waals surface area (Å²) in [4.78, 5) is 19.1. The van der Waals surface area contributed by atoms with Crippen LogP contribution in [0.4, 0.5) is 13.2 Å². The molecule has 0 bridgehead atoms. The van der Waals surface area contributed by atoms with E-state index in [1.54, 1.807) is 4.90 Å². The van der Waals surface area contributed by atoms with E-state index < -0.39 is 11.7 Å². The number of hydrogen-bond donors (Lipinski definition) is 0. The van der Waals surface area contributed by atoms with Crippen molar-refractivity contribution in [3.63, 3.8) is 0 Å². The van der Waals surface area contributed by atoms with Crippen LogP contribution in [-0.2, 0) is 17.5 Å². The number of halogens is 3. The van der Waals surface area contributed by atoms with Crippen LogP contribution in [0.15, 0.2) is 46.3 Å². The van der Waals surface area contributed by atoms with Crippen LogP contribution in [0.25, 0.3) is 10.7 Å². The molecule has 3 heterocycles. The van der Waals surface area contributed by atoms with Gasteiger partial charge in [-0.25, -0.2) is 0 Å². The van der Waals surface area contributed by atoms with Gasteiger partial charge in [0.1, 0.15) is 0 Å². The van der Waals surface area contributed by atoms with Crippen molar-refractivity contribution in [3.05, 3.63) is 58.8 Å². The van der Waals surface area contributed by atoms with E-state index in [1.807, 2.05) is 17.5 Å². The highest BCUT2D eigenvalue weighted by atomic mass is 32.1. The van der Waals surface area contributed by atoms with E-state index in [9.17, 15) is 18.0 Å². The Morgan fingerprint density at radius 3 is 2.67 bits per heavy atom. The minimum atomic E-state index is -4.37. The van der Waals surface area contributed by atoms with E-state index >= 15 is 0 Å². The lowest BCUT2D eigenvalue weighted by Gasteiger charge is -2.16. The van der Waals surface area contributed by atoms with Crippen LogP contribution in [0, 0.1) is 0 Å². The number of thiophene rings is 1. The topological polar surface area (TPSA) is 59.2 Å². The van der Waals surface area contributed by atoms with Gasteiger partial charge < -0.3 is 9.42 Å². The van der Waals surface area contributed by atoms with Gasteiger partial charge in [-0.15, -0.1) is 11.3 Å². The Balaban J connectivity index is 1.43. The maximum atomic E-state index is 12.6. The molecule has 0 radical (unpaired) electrons. The van der Waals surface area contributed by atoms with Gasteiger partial charge in [0.05, 0.1) is 16.4 Å². The predicted molar refractivity (Wildman–Crippen MR) is 91.8 cm³/mol. The lowest BCUT2D eigenvalue weighted by atomic mass is 10.1. The first-order valence-corrected chi connectivity index (χ1v) is 9.09. The van der Waals surface area contributed by atoms with E-state index in [-0.39, 0.29) is 24.8 Å². The maximum Gasteiger partial charge on any atom is 0.416 e. The number of benzene rings is 1. The van der Waals surface area contributed by atoms with Gasteiger partial charge in [-0.1, -0.05) is 23.4 Å². The summed E-state index contributed by atoms with van der Waals surface area (Å²) in [5.74, 6) is 0.597. The summed E-state index contributed by atoms with van der Waals surface area (Å²) in [7, 11) is 0. The maximum absolute atomic E-state index is 12.6. The summed E-state index contributed by atoms with van der Waals surface area (Å²) in [5.41, 5.74) is -0.0642. The molecule has 0 unspecified atom stereocenters. The average Bonchev–Trinajstić information content (AvgIpc) is 3.35. The molecule has 1 saturated heterocycles. The molecule has 0 spiro atoms. The number of hydrogen-bond acceptors (Lipinski definition) is 5. The van der Waals surface area contributed by atoms with Crippen LogP contribution in [0.1, 0.15) is 29.4 Å². The minimum absolute atomic E-state index is 0.0872. The summed E-state index contributed by atoms with van der Waals surface area (Å²) in [5, 5.41) is 5.87. The van der Waals surface area contributed by atoms with Crippen molar-refractivity contribution in [2.24, 2.45) is 0 Å². The van der Waals surface area contributed by atoms with Crippen LogP contribution in [0.3, 0.4) is 0 Å². The molecule has 1 fully saturated rings. The molecular weight excluding hydrogens is 379 g/mol. The number of amides is 1. The van der Waals surface area contributed by atoms with E-state index in [0.29, 0.717) is 23.8 Å². The van der Waals surface area contributed by atoms with Crippen molar-refractivity contribution in [2.45, 2.75) is 25.1 Å². The van der Waals surface area contributed by atoms with Crippen LogP contribution in [-0.4, -0.2) is 27.5 Å². The standard InChI is InChI=1S/C18H14F3N3O2S/c19-18(20,21)13-5-3-11(4-6-13)9-24-10-12(8-15(24)25)17-22-16(23-26-17)14-2-1-7-27-14/h1-7,12H,8-10H2/t12-/m0/s1. The molecule has 1 aliphatic rings. The van der Waals surface area contributed by atoms with Crippen LogP contribution >= 0.6 is 11.3 Å². The molecule has 1 amide bonds. The van der Waals surface area contributed by atoms with Gasteiger partial charge in [0, 0.05) is 19.5 Å². The number of carbonyl (C=O) groups excluding carboxylic acids is 1. The van der Waals surface area contributed by atoms with Gasteiger partial charge in [-0.3, -0.25) is 4.79 Å². The quantitative estimate of drug-likeness (QED) is 0.662. The molecular formula is C18H14F3N3O2S. The monoisotopic (exact) mass is 393 g/mol. The lowest BCUT2D eigenvalue weighted by Crippen LogP contribution is -2.24. The van der Waals surface area contributed by atoms with Crippen molar-refractivity contribution in [2.75, 3.05) is 6.54 Å². The summed E-state index contributed by atoms with van der Waals surface area (Å²) >= 11 is 1.50. The van der Waals surface area contributed by atoms with E-state index in [0.717, 1.165) is 17.0 Å². The number of carbonyl (C=O) groups is 1. The molecule has 9 heteroatoms. The highest BCUT2D eigenvalue weighted by Gasteiger charge is 2.35. The SMILES string of the molecule is O=C1C[C@H](c2nc(-c3cccs3)no2)CN1Cc1ccc(C(F)(F)F)cc1. The third-order valence-electron chi connectivity index (χ3n) is 4.40. The Bertz CT molecular complexity index is 936. The van der Waals surface area contributed by atoms with E-state index in [1.165, 1.54) is 23.5 Å². The first kappa shape index (κ1) is 17.7. The highest BCUT2D eigenvalue weighted by molar-refractivity contribution is 7.13. The van der Waals surface area contributed by atoms with E-state index in [4.69, 9.17) is 4.52 Å². The summed E-state index contributed by atoms with van der Waals surface area (Å²) in [6.07, 6.45) is -4.13. The Morgan fingerprint density at radius 2 is 2.00 bits per heavy atom. The zero-order valence-electron chi connectivity index (χ0n) is 13.9. The Labute approximate surface area is 156 Å². The number of nitrogens with zero attached hydrogens (tertiary/aromatic N) is 3. The molecule has 1 aromatic carbocycles. The molecule has 1 aliphatic heterocycles. The molecule has 140 valence electrons. The molecule has 4 rings (SSSR count). The second-order valence-corrected chi connectivity index (χ2v) is 7.25. The number of alkyl halides is 3. The van der Waals surface area contributed by atoms with Gasteiger partial charge in [-0.05, 0) is 29.1 Å². The third-order valence-corrected chi connectivity index (χ3v) is 5.27. The van der Waals surface area contributed by atoms with Crippen molar-refractivity contribution in [1.29, 1.82) is 0 Å². The Kier molecular flexibility index (Phi) is 4.47. The van der Waals surface area contributed by atoms with Crippen LogP contribution in [0.5, 0.6) is 0 Å². The Hall–Kier alpha value is -2.68. The summed E-state index contributed by atoms with van der Waals surface area (Å²) in [6.45, 7) is 0.644. The van der Waals surface area contributed by atoms with Crippen molar-refractivity contribution < 1.29 is 22.5 Å². The molecule has 5 nitrogen and oxygen atoms in total. The minimum Gasteiger partial charge on any atom is -0.339 e. The predicted octanol–water partition coefficient (Wildman–Crippen LogP) is 4.33. The summed E-state index contributed by atoms with van der Waals surface area (Å²) < 4.78 is 43.2. The van der Waals surface area contributed by atoms with Crippen molar-refractivity contribution in [3.8, 4) is 10.7 Å². The fraction of sp³-hybridized carbons (Fsp3) is 0.278. The van der Waals surface area contributed by atoms with E-state index in [2.05, 4.69) is 10.1 Å². The van der Waals surface area contributed by atoms with Gasteiger partial charge in [-0.2, -0.15) is 18.2 Å². The first-order chi connectivity index (χ1) is 12.9. The molecule has 1 atom stereocenters. The zero-order valence-corrected chi connectivity index (χ0v) is 14.8. The largest absolute Gasteiger partial charge is 0.416 e. The van der Waals surface area contributed by atoms with Crippen molar-refractivity contribution in [1.82, 2.24) is 15.0 Å². The molecule has 2 aromatic heterocycles.